The first-order valence-corrected chi connectivity index (χ1v) is 23.7. The number of benzene rings is 4. The maximum Gasteiger partial charge on any atom is 0.160 e. The fraction of sp³-hybridized carbons (Fsp3) is 0.556. The maximum absolute atomic E-state index is 6.72. The lowest BCUT2D eigenvalue weighted by Crippen LogP contribution is -2.57. The summed E-state index contributed by atoms with van der Waals surface area (Å²) in [6, 6.07) is 32.0. The first-order valence-electron chi connectivity index (χ1n) is 23.7. The minimum absolute atomic E-state index is 0.673. The molecule has 13 rings (SSSR count). The predicted molar refractivity (Wildman–Crippen MR) is 231 cm³/mol. The molecule has 2 heterocycles. The SMILES string of the molecule is c1cc(C2CCC3C(C2)C2CCCCC2C2CC4C5CCCCC5C5CCCCC5C4CC32)cc(-n2c3ccccc3c3ccc4c5ccccc5oc4c32)c1. The number of furan rings is 1. The van der Waals surface area contributed by atoms with E-state index in [1.54, 1.807) is 50.5 Å². The summed E-state index contributed by atoms with van der Waals surface area (Å²) >= 11 is 0. The van der Waals surface area contributed by atoms with Gasteiger partial charge in [0.2, 0.25) is 0 Å². The van der Waals surface area contributed by atoms with Crippen molar-refractivity contribution in [2.24, 2.45) is 71.0 Å². The minimum atomic E-state index is 0.673. The van der Waals surface area contributed by atoms with Crippen LogP contribution in [-0.4, -0.2) is 4.57 Å². The van der Waals surface area contributed by atoms with E-state index in [0.717, 1.165) is 82.2 Å². The van der Waals surface area contributed by atoms with Gasteiger partial charge in [0.05, 0.1) is 11.0 Å². The quantitative estimate of drug-likeness (QED) is 0.173. The Bertz CT molecular complexity index is 2450. The summed E-state index contributed by atoms with van der Waals surface area (Å²) in [5.74, 6) is 13.2. The molecule has 0 amide bonds. The highest BCUT2D eigenvalue weighted by molar-refractivity contribution is 6.21. The van der Waals surface area contributed by atoms with Crippen LogP contribution in [0.25, 0.3) is 49.4 Å². The second-order valence-corrected chi connectivity index (χ2v) is 20.7. The Hall–Kier alpha value is -3.52. The Morgan fingerprint density at radius 1 is 0.411 bits per heavy atom. The van der Waals surface area contributed by atoms with E-state index in [0.29, 0.717) is 5.92 Å². The molecule has 7 aliphatic carbocycles. The smallest absolute Gasteiger partial charge is 0.160 e. The van der Waals surface area contributed by atoms with Crippen LogP contribution >= 0.6 is 0 Å². The van der Waals surface area contributed by atoms with E-state index < -0.39 is 0 Å². The number of aromatic nitrogens is 1. The molecular weight excluding hydrogens is 679 g/mol. The third-order valence-electron chi connectivity index (χ3n) is 18.8. The highest BCUT2D eigenvalue weighted by Gasteiger charge is 2.59. The predicted octanol–water partition coefficient (Wildman–Crippen LogP) is 14.9. The number of hydrogen-bond donors (Lipinski definition) is 0. The molecule has 288 valence electrons. The fourth-order valence-electron chi connectivity index (χ4n) is 17.0. The van der Waals surface area contributed by atoms with E-state index in [1.165, 1.54) is 102 Å². The summed E-state index contributed by atoms with van der Waals surface area (Å²) in [6.07, 6.45) is 26.1. The molecule has 0 aliphatic heterocycles. The van der Waals surface area contributed by atoms with Gasteiger partial charge < -0.3 is 8.98 Å². The van der Waals surface area contributed by atoms with Crippen LogP contribution in [0, 0.1) is 71.0 Å². The number of nitrogens with zero attached hydrogens (tertiary/aromatic N) is 1. The van der Waals surface area contributed by atoms with Crippen LogP contribution in [0.4, 0.5) is 0 Å². The van der Waals surface area contributed by atoms with E-state index in [1.807, 2.05) is 0 Å². The van der Waals surface area contributed by atoms with Crippen molar-refractivity contribution in [3.8, 4) is 5.69 Å². The Labute approximate surface area is 333 Å². The molecule has 0 radical (unpaired) electrons. The van der Waals surface area contributed by atoms with Crippen molar-refractivity contribution >= 4 is 43.7 Å². The second-order valence-electron chi connectivity index (χ2n) is 20.7. The zero-order valence-corrected chi connectivity index (χ0v) is 33.5. The van der Waals surface area contributed by atoms with E-state index >= 15 is 0 Å². The average molecular weight is 740 g/mol. The van der Waals surface area contributed by atoms with E-state index in [9.17, 15) is 0 Å². The van der Waals surface area contributed by atoms with Gasteiger partial charge >= 0.3 is 0 Å². The van der Waals surface area contributed by atoms with Crippen molar-refractivity contribution in [1.82, 2.24) is 4.57 Å². The second kappa shape index (κ2) is 13.0. The van der Waals surface area contributed by atoms with Crippen LogP contribution in [0.5, 0.6) is 0 Å². The molecule has 56 heavy (non-hydrogen) atoms. The topological polar surface area (TPSA) is 18.1 Å². The van der Waals surface area contributed by atoms with Crippen LogP contribution in [-0.2, 0) is 0 Å². The first-order chi connectivity index (χ1) is 27.8. The number of fused-ring (bicyclic) bond motifs is 19. The lowest BCUT2D eigenvalue weighted by atomic mass is 9.40. The van der Waals surface area contributed by atoms with E-state index in [2.05, 4.69) is 89.5 Å². The number of para-hydroxylation sites is 2. The third-order valence-corrected chi connectivity index (χ3v) is 18.8. The Kier molecular flexibility index (Phi) is 7.76. The summed E-state index contributed by atoms with van der Waals surface area (Å²) in [5.41, 5.74) is 7.35. The minimum Gasteiger partial charge on any atom is -0.454 e. The molecule has 0 N–H and O–H groups in total. The monoisotopic (exact) mass is 739 g/mol. The lowest BCUT2D eigenvalue weighted by molar-refractivity contribution is -0.155. The molecule has 13 atom stereocenters. The molecule has 2 heteroatoms. The van der Waals surface area contributed by atoms with Crippen molar-refractivity contribution in [3.05, 3.63) is 90.5 Å². The molecule has 2 aromatic heterocycles. The molecule has 0 saturated heterocycles. The molecule has 7 saturated carbocycles. The molecule has 0 bridgehead atoms. The summed E-state index contributed by atoms with van der Waals surface area (Å²) in [4.78, 5) is 0. The van der Waals surface area contributed by atoms with Crippen LogP contribution in [0.1, 0.15) is 121 Å². The van der Waals surface area contributed by atoms with Crippen molar-refractivity contribution in [2.45, 2.75) is 115 Å². The maximum atomic E-state index is 6.72. The van der Waals surface area contributed by atoms with Gasteiger partial charge in [-0.1, -0.05) is 93.1 Å². The summed E-state index contributed by atoms with van der Waals surface area (Å²) in [6.45, 7) is 0. The molecular formula is C54H61NO. The van der Waals surface area contributed by atoms with Gasteiger partial charge in [0.15, 0.2) is 5.58 Å². The molecule has 13 unspecified atom stereocenters. The zero-order chi connectivity index (χ0) is 36.5. The van der Waals surface area contributed by atoms with Gasteiger partial charge in [-0.15, -0.1) is 0 Å². The normalized spacial score (nSPS) is 38.0. The van der Waals surface area contributed by atoms with Crippen molar-refractivity contribution < 1.29 is 4.42 Å². The van der Waals surface area contributed by atoms with Gasteiger partial charge in [-0.05, 0) is 183 Å². The van der Waals surface area contributed by atoms with Gasteiger partial charge in [-0.2, -0.15) is 0 Å². The fourth-order valence-corrected chi connectivity index (χ4v) is 17.0. The summed E-state index contributed by atoms with van der Waals surface area (Å²) < 4.78 is 9.26. The summed E-state index contributed by atoms with van der Waals surface area (Å²) in [7, 11) is 0. The lowest BCUT2D eigenvalue weighted by Gasteiger charge is -2.65. The largest absolute Gasteiger partial charge is 0.454 e. The van der Waals surface area contributed by atoms with E-state index in [-0.39, 0.29) is 0 Å². The standard InChI is InChI=1S/C54H61NO/c1-3-16-37-35(14-1)36-15-2-4-17-38(36)48-31-50-41-25-24-33(29-46(41)39-18-5-6-19-40(39)49(50)30-47(37)48)32-12-11-13-34(28-32)55-51-22-9-7-20-42(51)44-26-27-45-43-21-8-10-23-52(43)56-54(45)53(44)55/h7-13,20-23,26-28,33,35-41,46-50H,1-6,14-19,24-25,29-31H2. The number of rotatable bonds is 2. The zero-order valence-electron chi connectivity index (χ0n) is 33.5. The van der Waals surface area contributed by atoms with Gasteiger partial charge in [0, 0.05) is 27.2 Å². The van der Waals surface area contributed by atoms with Gasteiger partial charge in [0.1, 0.15) is 5.58 Å². The highest BCUT2D eigenvalue weighted by atomic mass is 16.3. The molecule has 7 fully saturated rings. The van der Waals surface area contributed by atoms with Crippen molar-refractivity contribution in [1.29, 1.82) is 0 Å². The molecule has 7 aliphatic rings. The van der Waals surface area contributed by atoms with Crippen LogP contribution < -0.4 is 0 Å². The van der Waals surface area contributed by atoms with Gasteiger partial charge in [-0.3, -0.25) is 0 Å². The van der Waals surface area contributed by atoms with Crippen molar-refractivity contribution in [3.63, 3.8) is 0 Å². The van der Waals surface area contributed by atoms with Crippen LogP contribution in [0.2, 0.25) is 0 Å². The molecule has 4 aromatic carbocycles. The van der Waals surface area contributed by atoms with Gasteiger partial charge in [-0.25, -0.2) is 0 Å². The molecule has 2 nitrogen and oxygen atoms in total. The first kappa shape index (κ1) is 33.5. The Morgan fingerprint density at radius 2 is 0.946 bits per heavy atom. The Morgan fingerprint density at radius 3 is 1.61 bits per heavy atom. The Balaban J connectivity index is 0.856. The van der Waals surface area contributed by atoms with E-state index in [4.69, 9.17) is 4.42 Å². The summed E-state index contributed by atoms with van der Waals surface area (Å²) in [5, 5.41) is 5.01. The molecule has 0 spiro atoms. The third kappa shape index (κ3) is 4.86. The average Bonchev–Trinajstić information content (AvgIpc) is 3.82. The van der Waals surface area contributed by atoms with Gasteiger partial charge in [0.25, 0.3) is 0 Å². The highest BCUT2D eigenvalue weighted by Crippen LogP contribution is 2.67. The van der Waals surface area contributed by atoms with Crippen molar-refractivity contribution in [2.75, 3.05) is 0 Å². The number of hydrogen-bond acceptors (Lipinski definition) is 1. The van der Waals surface area contributed by atoms with Crippen LogP contribution in [0.15, 0.2) is 89.3 Å². The van der Waals surface area contributed by atoms with Crippen LogP contribution in [0.3, 0.4) is 0 Å². The molecule has 6 aromatic rings.